The van der Waals surface area contributed by atoms with E-state index in [2.05, 4.69) is 0 Å². The number of hydrogen-bond acceptors (Lipinski definition) is 3. The van der Waals surface area contributed by atoms with Crippen molar-refractivity contribution in [1.82, 2.24) is 4.31 Å². The number of amides is 2. The van der Waals surface area contributed by atoms with Crippen LogP contribution in [0.4, 0.5) is 0 Å². The number of imide groups is 1. The van der Waals surface area contributed by atoms with Crippen LogP contribution in [0, 0.1) is 11.8 Å². The van der Waals surface area contributed by atoms with Crippen molar-refractivity contribution in [2.75, 3.05) is 0 Å². The first-order chi connectivity index (χ1) is 8.34. The Morgan fingerprint density at radius 3 is 1.95 bits per heavy atom. The van der Waals surface area contributed by atoms with Crippen molar-refractivity contribution in [3.05, 3.63) is 12.2 Å². The van der Waals surface area contributed by atoms with Gasteiger partial charge in [-0.05, 0) is 12.8 Å². The van der Waals surface area contributed by atoms with Crippen LogP contribution in [-0.2, 0) is 9.59 Å². The van der Waals surface area contributed by atoms with Crippen LogP contribution in [0.25, 0.3) is 0 Å². The van der Waals surface area contributed by atoms with E-state index >= 15 is 0 Å². The molecule has 9 heteroatoms. The second-order valence-corrected chi connectivity index (χ2v) is 8.20. The van der Waals surface area contributed by atoms with Crippen LogP contribution in [0.15, 0.2) is 12.2 Å². The molecule has 1 heterocycles. The van der Waals surface area contributed by atoms with Gasteiger partial charge >= 0.3 is 18.9 Å². The molecule has 102 valence electrons. The van der Waals surface area contributed by atoms with Crippen LogP contribution < -0.4 is 0 Å². The summed E-state index contributed by atoms with van der Waals surface area (Å²) in [5, 5.41) is 0. The molecule has 2 unspecified atom stereocenters. The molecule has 2 atom stereocenters. The molecule has 2 amide bonds. The fourth-order valence-electron chi connectivity index (χ4n) is 2.02. The maximum atomic E-state index is 12.1. The molecule has 0 radical (unpaired) electrons. The Balaban J connectivity index is 0.00000180. The average Bonchev–Trinajstić information content (AvgIpc) is 2.55. The van der Waals surface area contributed by atoms with E-state index in [1.807, 2.05) is 12.2 Å². The molecular weight excluding hydrogens is 347 g/mol. The summed E-state index contributed by atoms with van der Waals surface area (Å²) in [6.07, 6.45) is 4.94. The van der Waals surface area contributed by atoms with E-state index in [1.165, 1.54) is 0 Å². The van der Waals surface area contributed by atoms with E-state index in [0.717, 1.165) is 4.31 Å². The number of fused-ring (bicyclic) bond motifs is 1. The van der Waals surface area contributed by atoms with Crippen molar-refractivity contribution in [1.29, 1.82) is 0 Å². The van der Waals surface area contributed by atoms with Crippen molar-refractivity contribution in [2.24, 2.45) is 11.8 Å². The van der Waals surface area contributed by atoms with E-state index in [1.54, 1.807) is 0 Å². The van der Waals surface area contributed by atoms with Gasteiger partial charge in [0.15, 0.2) is 4.84 Å². The van der Waals surface area contributed by atoms with Gasteiger partial charge in [0.2, 0.25) is 15.5 Å². The molecule has 1 aliphatic heterocycles. The molecular formula is C10H10Cl4LiNO2S. The molecule has 0 aromatic rings. The van der Waals surface area contributed by atoms with Crippen molar-refractivity contribution >= 4 is 89.0 Å². The molecule has 0 saturated carbocycles. The van der Waals surface area contributed by atoms with Gasteiger partial charge in [0.05, 0.1) is 11.8 Å². The number of halogens is 4. The normalized spacial score (nSPS) is 26.7. The summed E-state index contributed by atoms with van der Waals surface area (Å²) in [4.78, 5) is 23.1. The summed E-state index contributed by atoms with van der Waals surface area (Å²) >= 11 is 23.7. The topological polar surface area (TPSA) is 37.4 Å². The van der Waals surface area contributed by atoms with Gasteiger partial charge in [-0.2, -0.15) is 0 Å². The van der Waals surface area contributed by atoms with Crippen LogP contribution in [-0.4, -0.2) is 43.5 Å². The third-order valence-electron chi connectivity index (χ3n) is 2.93. The Morgan fingerprint density at radius 2 is 1.58 bits per heavy atom. The second-order valence-electron chi connectivity index (χ2n) is 4.08. The van der Waals surface area contributed by atoms with Gasteiger partial charge in [-0.1, -0.05) is 35.4 Å². The van der Waals surface area contributed by atoms with E-state index in [-0.39, 0.29) is 42.5 Å². The molecule has 2 aliphatic rings. The first-order valence-electron chi connectivity index (χ1n) is 5.22. The van der Waals surface area contributed by atoms with Crippen molar-refractivity contribution in [2.45, 2.75) is 21.3 Å². The van der Waals surface area contributed by atoms with Gasteiger partial charge in [0, 0.05) is 11.9 Å². The summed E-state index contributed by atoms with van der Waals surface area (Å²) < 4.78 is -0.630. The third kappa shape index (κ3) is 3.60. The minimum absolute atomic E-state index is 0. The summed E-state index contributed by atoms with van der Waals surface area (Å²) in [6.45, 7) is 0. The first kappa shape index (κ1) is 18.0. The zero-order valence-electron chi connectivity index (χ0n) is 8.98. The van der Waals surface area contributed by atoms with Crippen LogP contribution in [0.3, 0.4) is 0 Å². The molecule has 3 nitrogen and oxygen atoms in total. The Hall–Kier alpha value is 0.987. The second kappa shape index (κ2) is 6.83. The van der Waals surface area contributed by atoms with Crippen LogP contribution >= 0.6 is 58.4 Å². The fraction of sp³-hybridized carbons (Fsp3) is 0.600. The van der Waals surface area contributed by atoms with Crippen molar-refractivity contribution in [3.8, 4) is 0 Å². The quantitative estimate of drug-likeness (QED) is 0.256. The Labute approximate surface area is 147 Å². The number of alkyl halides is 4. The zero-order chi connectivity index (χ0) is 13.5. The number of allylic oxidation sites excluding steroid dienone is 2. The molecule has 0 spiro atoms. The van der Waals surface area contributed by atoms with Gasteiger partial charge in [-0.15, -0.1) is 23.2 Å². The van der Waals surface area contributed by atoms with Gasteiger partial charge in [-0.3, -0.25) is 9.59 Å². The van der Waals surface area contributed by atoms with Gasteiger partial charge in [0.25, 0.3) is 0 Å². The van der Waals surface area contributed by atoms with Crippen LogP contribution in [0.2, 0.25) is 0 Å². The molecule has 1 saturated heterocycles. The Kier molecular flexibility index (Phi) is 6.49. The summed E-state index contributed by atoms with van der Waals surface area (Å²) in [6, 6.07) is 0. The zero-order valence-corrected chi connectivity index (χ0v) is 12.8. The molecule has 19 heavy (non-hydrogen) atoms. The molecule has 1 aliphatic carbocycles. The number of carbonyl (C=O) groups is 2. The summed E-state index contributed by atoms with van der Waals surface area (Å²) in [7, 11) is 0. The van der Waals surface area contributed by atoms with E-state index < -0.39 is 8.50 Å². The number of carbonyl (C=O) groups excluding carboxylic acids is 2. The third-order valence-corrected chi connectivity index (χ3v) is 6.17. The predicted octanol–water partition coefficient (Wildman–Crippen LogP) is 2.87. The molecule has 0 bridgehead atoms. The fourth-order valence-corrected chi connectivity index (χ4v) is 3.45. The van der Waals surface area contributed by atoms with Gasteiger partial charge in [0.1, 0.15) is 0 Å². The Bertz CT molecular complexity index is 392. The van der Waals surface area contributed by atoms with E-state index in [4.69, 9.17) is 46.4 Å². The van der Waals surface area contributed by atoms with E-state index in [9.17, 15) is 9.59 Å². The molecule has 0 aromatic carbocycles. The number of rotatable bonds is 3. The average molecular weight is 357 g/mol. The van der Waals surface area contributed by atoms with Crippen LogP contribution in [0.5, 0.6) is 0 Å². The van der Waals surface area contributed by atoms with Crippen molar-refractivity contribution in [3.63, 3.8) is 0 Å². The Morgan fingerprint density at radius 1 is 1.16 bits per heavy atom. The summed E-state index contributed by atoms with van der Waals surface area (Å²) in [5.41, 5.74) is 0. The minimum atomic E-state index is -1.63. The van der Waals surface area contributed by atoms with Crippen LogP contribution in [0.1, 0.15) is 12.8 Å². The maximum absolute atomic E-state index is 12.1. The number of hydrogen-bond donors (Lipinski definition) is 0. The molecule has 0 aromatic heterocycles. The molecule has 1 fully saturated rings. The van der Waals surface area contributed by atoms with Gasteiger partial charge < -0.3 is 0 Å². The predicted molar refractivity (Wildman–Crippen MR) is 81.9 cm³/mol. The van der Waals surface area contributed by atoms with Crippen molar-refractivity contribution < 1.29 is 9.59 Å². The molecule has 2 rings (SSSR count). The first-order valence-corrected chi connectivity index (χ1v) is 7.62. The standard InChI is InChI=1S/C10H9Cl4NO2S.Li.H/c11-9(12)10(13,14)18-15-7(16)5-3-1-2-4-6(5)8(15)17;;/h1-2,5-6,9H,3-4H2;;. The van der Waals surface area contributed by atoms with Gasteiger partial charge in [-0.25, -0.2) is 4.31 Å². The SMILES string of the molecule is O=C1C2CC=CCC2C(=O)N1SC(Cl)(Cl)C(Cl)Cl.[LiH]. The number of nitrogens with zero attached hydrogens (tertiary/aromatic N) is 1. The summed E-state index contributed by atoms with van der Waals surface area (Å²) in [5.74, 6) is -1.19. The monoisotopic (exact) mass is 355 g/mol. The molecule has 0 N–H and O–H groups in total. The van der Waals surface area contributed by atoms with E-state index in [0.29, 0.717) is 24.8 Å².